The van der Waals surface area contributed by atoms with Crippen LogP contribution < -0.4 is 10.6 Å². The van der Waals surface area contributed by atoms with Crippen molar-refractivity contribution in [2.45, 2.75) is 39.7 Å². The third kappa shape index (κ3) is 3.41. The van der Waals surface area contributed by atoms with E-state index in [2.05, 4.69) is 53.0 Å². The van der Waals surface area contributed by atoms with Gasteiger partial charge in [0.2, 0.25) is 0 Å². The van der Waals surface area contributed by atoms with Crippen LogP contribution in [0.15, 0.2) is 36.5 Å². The van der Waals surface area contributed by atoms with E-state index in [1.807, 2.05) is 18.2 Å². The zero-order valence-corrected chi connectivity index (χ0v) is 16.3. The lowest BCUT2D eigenvalue weighted by atomic mass is 9.72. The van der Waals surface area contributed by atoms with Gasteiger partial charge in [0.1, 0.15) is 5.82 Å². The van der Waals surface area contributed by atoms with Crippen LogP contribution in [0.5, 0.6) is 0 Å². The van der Waals surface area contributed by atoms with Crippen molar-refractivity contribution in [3.8, 4) is 11.4 Å². The standard InChI is InChI=1S/C21H28N6.2H2/c1-14(2)12-21(3)13-27(11-9-17(21)22)18-8-4-7-16(24-18)19-15-6-5-10-23-20(15)26-25-19;;/h4-8,10,14,17H,9,11-13,22H2,1-3H3,(H,23,25,26);2*1H. The van der Waals surface area contributed by atoms with E-state index in [9.17, 15) is 0 Å². The van der Waals surface area contributed by atoms with E-state index in [0.29, 0.717) is 11.6 Å². The molecule has 0 aliphatic carbocycles. The van der Waals surface area contributed by atoms with Gasteiger partial charge in [-0.3, -0.25) is 5.10 Å². The maximum atomic E-state index is 6.50. The second-order valence-corrected chi connectivity index (χ2v) is 8.42. The first-order valence-corrected chi connectivity index (χ1v) is 9.73. The molecule has 0 bridgehead atoms. The number of piperidine rings is 1. The number of pyridine rings is 2. The lowest BCUT2D eigenvalue weighted by Crippen LogP contribution is -2.54. The Hall–Kier alpha value is -2.47. The molecule has 4 rings (SSSR count). The van der Waals surface area contributed by atoms with E-state index in [1.165, 1.54) is 0 Å². The Morgan fingerprint density at radius 3 is 3.00 bits per heavy atom. The number of aromatic amines is 1. The van der Waals surface area contributed by atoms with Crippen molar-refractivity contribution in [1.82, 2.24) is 20.2 Å². The summed E-state index contributed by atoms with van der Waals surface area (Å²) in [5.41, 5.74) is 9.13. The Balaban J connectivity index is 0.00000150. The zero-order valence-electron chi connectivity index (χ0n) is 16.3. The third-order valence-electron chi connectivity index (χ3n) is 5.68. The maximum Gasteiger partial charge on any atom is 0.181 e. The smallest absolute Gasteiger partial charge is 0.181 e. The monoisotopic (exact) mass is 368 g/mol. The first-order valence-electron chi connectivity index (χ1n) is 9.73. The highest BCUT2D eigenvalue weighted by Crippen LogP contribution is 2.37. The van der Waals surface area contributed by atoms with Crippen LogP contribution in [0.25, 0.3) is 22.4 Å². The van der Waals surface area contributed by atoms with Gasteiger partial charge >= 0.3 is 0 Å². The van der Waals surface area contributed by atoms with E-state index in [4.69, 9.17) is 10.7 Å². The number of nitrogens with two attached hydrogens (primary N) is 1. The Labute approximate surface area is 163 Å². The summed E-state index contributed by atoms with van der Waals surface area (Å²) < 4.78 is 0. The molecule has 1 aliphatic heterocycles. The second kappa shape index (κ2) is 6.93. The fourth-order valence-corrected chi connectivity index (χ4v) is 4.40. The van der Waals surface area contributed by atoms with Gasteiger partial charge in [0, 0.05) is 39.0 Å². The maximum absolute atomic E-state index is 6.50. The van der Waals surface area contributed by atoms with Gasteiger partial charge in [-0.05, 0) is 43.0 Å². The number of fused-ring (bicyclic) bond motifs is 1. The van der Waals surface area contributed by atoms with Crippen LogP contribution in [0.2, 0.25) is 0 Å². The number of nitrogens with zero attached hydrogens (tertiary/aromatic N) is 4. The molecule has 6 heteroatoms. The van der Waals surface area contributed by atoms with Gasteiger partial charge in [0.25, 0.3) is 0 Å². The number of nitrogens with one attached hydrogen (secondary N) is 1. The Morgan fingerprint density at radius 1 is 1.33 bits per heavy atom. The van der Waals surface area contributed by atoms with E-state index in [1.54, 1.807) is 6.20 Å². The zero-order chi connectivity index (χ0) is 19.0. The second-order valence-electron chi connectivity index (χ2n) is 8.42. The molecule has 3 aromatic heterocycles. The minimum atomic E-state index is 0. The van der Waals surface area contributed by atoms with E-state index < -0.39 is 0 Å². The summed E-state index contributed by atoms with van der Waals surface area (Å²) in [4.78, 5) is 11.6. The van der Waals surface area contributed by atoms with E-state index >= 15 is 0 Å². The number of rotatable bonds is 4. The van der Waals surface area contributed by atoms with E-state index in [-0.39, 0.29) is 14.3 Å². The summed E-state index contributed by atoms with van der Waals surface area (Å²) in [5.74, 6) is 1.63. The number of H-pyrrole nitrogens is 1. The Morgan fingerprint density at radius 2 is 2.19 bits per heavy atom. The summed E-state index contributed by atoms with van der Waals surface area (Å²) in [6.45, 7) is 8.74. The molecule has 0 saturated carbocycles. The molecule has 27 heavy (non-hydrogen) atoms. The topological polar surface area (TPSA) is 83.7 Å². The Kier molecular flexibility index (Phi) is 4.60. The lowest BCUT2D eigenvalue weighted by molar-refractivity contribution is 0.176. The molecule has 2 unspecified atom stereocenters. The van der Waals surface area contributed by atoms with Gasteiger partial charge in [0.05, 0.1) is 11.4 Å². The highest BCUT2D eigenvalue weighted by atomic mass is 15.2. The predicted octanol–water partition coefficient (Wildman–Crippen LogP) is 4.10. The molecule has 6 nitrogen and oxygen atoms in total. The first-order chi connectivity index (χ1) is 13.0. The largest absolute Gasteiger partial charge is 0.356 e. The van der Waals surface area contributed by atoms with E-state index in [0.717, 1.165) is 48.5 Å². The van der Waals surface area contributed by atoms with Gasteiger partial charge in [0.15, 0.2) is 5.65 Å². The Bertz CT molecular complexity index is 944. The molecule has 0 amide bonds. The highest BCUT2D eigenvalue weighted by molar-refractivity contribution is 5.89. The van der Waals surface area contributed by atoms with Crippen molar-refractivity contribution in [3.05, 3.63) is 36.5 Å². The number of aromatic nitrogens is 4. The predicted molar refractivity (Wildman–Crippen MR) is 114 cm³/mol. The average molecular weight is 369 g/mol. The fraction of sp³-hybridized carbons (Fsp3) is 0.476. The molecule has 0 radical (unpaired) electrons. The molecule has 3 N–H and O–H groups in total. The van der Waals surface area contributed by atoms with Crippen LogP contribution in [0.1, 0.15) is 36.5 Å². The highest BCUT2D eigenvalue weighted by Gasteiger charge is 2.38. The van der Waals surface area contributed by atoms with Crippen LogP contribution in [-0.4, -0.2) is 39.3 Å². The molecular formula is C21H32N6. The number of anilines is 1. The summed E-state index contributed by atoms with van der Waals surface area (Å²) in [6, 6.07) is 10.4. The lowest BCUT2D eigenvalue weighted by Gasteiger charge is -2.46. The quantitative estimate of drug-likeness (QED) is 0.724. The minimum absolute atomic E-state index is 0. The molecule has 1 saturated heterocycles. The van der Waals surface area contributed by atoms with Gasteiger partial charge in [-0.1, -0.05) is 26.8 Å². The molecule has 0 aromatic carbocycles. The summed E-state index contributed by atoms with van der Waals surface area (Å²) in [6.07, 6.45) is 3.87. The minimum Gasteiger partial charge on any atom is -0.356 e. The number of hydrogen-bond acceptors (Lipinski definition) is 5. The molecule has 1 fully saturated rings. The van der Waals surface area contributed by atoms with Gasteiger partial charge < -0.3 is 10.6 Å². The van der Waals surface area contributed by atoms with Crippen molar-refractivity contribution in [1.29, 1.82) is 0 Å². The van der Waals surface area contributed by atoms with Gasteiger partial charge in [-0.2, -0.15) is 5.10 Å². The van der Waals surface area contributed by atoms with Crippen LogP contribution in [0.3, 0.4) is 0 Å². The summed E-state index contributed by atoms with van der Waals surface area (Å²) in [5, 5.41) is 8.39. The molecule has 146 valence electrons. The number of hydrogen-bond donors (Lipinski definition) is 2. The normalized spacial score (nSPS) is 23.3. The van der Waals surface area contributed by atoms with Gasteiger partial charge in [-0.15, -0.1) is 0 Å². The average Bonchev–Trinajstić information content (AvgIpc) is 3.08. The van der Waals surface area contributed by atoms with Crippen molar-refractivity contribution in [2.24, 2.45) is 17.1 Å². The van der Waals surface area contributed by atoms with Crippen molar-refractivity contribution in [2.75, 3.05) is 18.0 Å². The van der Waals surface area contributed by atoms with Crippen LogP contribution in [-0.2, 0) is 0 Å². The molecule has 2 atom stereocenters. The third-order valence-corrected chi connectivity index (χ3v) is 5.68. The molecular weight excluding hydrogens is 336 g/mol. The summed E-state index contributed by atoms with van der Waals surface area (Å²) >= 11 is 0. The van der Waals surface area contributed by atoms with Crippen molar-refractivity contribution < 1.29 is 2.85 Å². The summed E-state index contributed by atoms with van der Waals surface area (Å²) in [7, 11) is 0. The van der Waals surface area contributed by atoms with Crippen LogP contribution in [0, 0.1) is 11.3 Å². The van der Waals surface area contributed by atoms with Crippen LogP contribution in [0.4, 0.5) is 5.82 Å². The SMILES string of the molecule is CC(C)CC1(C)CN(c2cccc(-c3[nH]nc4ncccc34)n2)CCC1N.[HH].[HH]. The molecule has 4 heterocycles. The molecule has 1 aliphatic rings. The molecule has 3 aromatic rings. The fourth-order valence-electron chi connectivity index (χ4n) is 4.40. The van der Waals surface area contributed by atoms with Crippen molar-refractivity contribution in [3.63, 3.8) is 0 Å². The first kappa shape index (κ1) is 17.9. The molecule has 0 spiro atoms. The van der Waals surface area contributed by atoms with Crippen molar-refractivity contribution >= 4 is 16.9 Å². The van der Waals surface area contributed by atoms with Crippen LogP contribution >= 0.6 is 0 Å². The van der Waals surface area contributed by atoms with Gasteiger partial charge in [-0.25, -0.2) is 9.97 Å².